The third-order valence-corrected chi connectivity index (χ3v) is 3.63. The van der Waals surface area contributed by atoms with E-state index in [1.54, 1.807) is 0 Å². The van der Waals surface area contributed by atoms with Gasteiger partial charge >= 0.3 is 0 Å². The molecule has 1 saturated carbocycles. The normalized spacial score (nSPS) is 27.4. The van der Waals surface area contributed by atoms with Gasteiger partial charge in [0, 0.05) is 6.04 Å². The molecule has 0 saturated heterocycles. The summed E-state index contributed by atoms with van der Waals surface area (Å²) >= 11 is 0. The predicted octanol–water partition coefficient (Wildman–Crippen LogP) is 2.33. The third kappa shape index (κ3) is 5.84. The zero-order valence-electron chi connectivity index (χ0n) is 11.6. The van der Waals surface area contributed by atoms with Crippen LogP contribution in [0, 0.1) is 5.92 Å². The highest BCUT2D eigenvalue weighted by atomic mass is 16.5. The highest BCUT2D eigenvalue weighted by molar-refractivity contribution is 4.77. The quantitative estimate of drug-likeness (QED) is 0.721. The Morgan fingerprint density at radius 3 is 2.41 bits per heavy atom. The monoisotopic (exact) mass is 243 g/mol. The molecule has 0 aromatic rings. The maximum absolute atomic E-state index is 9.69. The first-order valence-corrected chi connectivity index (χ1v) is 7.16. The molecule has 1 atom stereocenters. The van der Waals surface area contributed by atoms with Crippen LogP contribution in [0.15, 0.2) is 0 Å². The molecule has 3 nitrogen and oxygen atoms in total. The van der Waals surface area contributed by atoms with E-state index in [-0.39, 0.29) is 12.0 Å². The van der Waals surface area contributed by atoms with E-state index >= 15 is 0 Å². The third-order valence-electron chi connectivity index (χ3n) is 3.63. The summed E-state index contributed by atoms with van der Waals surface area (Å²) in [6.07, 6.45) is 5.94. The fourth-order valence-corrected chi connectivity index (χ4v) is 2.21. The van der Waals surface area contributed by atoms with E-state index in [1.165, 1.54) is 19.3 Å². The van der Waals surface area contributed by atoms with E-state index in [0.29, 0.717) is 18.8 Å². The number of nitrogens with one attached hydrogen (secondary N) is 1. The second-order valence-electron chi connectivity index (χ2n) is 5.57. The van der Waals surface area contributed by atoms with Crippen LogP contribution in [0.2, 0.25) is 0 Å². The lowest BCUT2D eigenvalue weighted by molar-refractivity contribution is -0.0401. The van der Waals surface area contributed by atoms with Gasteiger partial charge < -0.3 is 15.2 Å². The van der Waals surface area contributed by atoms with Gasteiger partial charge in [-0.1, -0.05) is 20.8 Å². The number of hydrogen-bond acceptors (Lipinski definition) is 3. The van der Waals surface area contributed by atoms with Gasteiger partial charge in [-0.2, -0.15) is 0 Å². The minimum atomic E-state index is -0.314. The Hall–Kier alpha value is -0.120. The molecular weight excluding hydrogens is 214 g/mol. The largest absolute Gasteiger partial charge is 0.390 e. The van der Waals surface area contributed by atoms with Gasteiger partial charge in [-0.15, -0.1) is 0 Å². The van der Waals surface area contributed by atoms with Crippen LogP contribution in [0.25, 0.3) is 0 Å². The molecule has 0 aromatic carbocycles. The molecule has 1 fully saturated rings. The van der Waals surface area contributed by atoms with E-state index in [1.807, 2.05) is 13.8 Å². The van der Waals surface area contributed by atoms with Crippen LogP contribution in [0.3, 0.4) is 0 Å². The summed E-state index contributed by atoms with van der Waals surface area (Å²) < 4.78 is 5.78. The first kappa shape index (κ1) is 14.9. The van der Waals surface area contributed by atoms with Crippen LogP contribution in [0.4, 0.5) is 0 Å². The van der Waals surface area contributed by atoms with Crippen molar-refractivity contribution in [2.45, 2.75) is 71.1 Å². The molecule has 1 aliphatic carbocycles. The van der Waals surface area contributed by atoms with Gasteiger partial charge in [0.05, 0.1) is 18.8 Å². The highest BCUT2D eigenvalue weighted by Crippen LogP contribution is 2.21. The number of hydrogen-bond donors (Lipinski definition) is 2. The summed E-state index contributed by atoms with van der Waals surface area (Å²) in [5.74, 6) is 0.289. The molecule has 1 unspecified atom stereocenters. The Balaban J connectivity index is 2.10. The van der Waals surface area contributed by atoms with Gasteiger partial charge in [-0.25, -0.2) is 0 Å². The Kier molecular flexibility index (Phi) is 7.09. The van der Waals surface area contributed by atoms with Crippen molar-refractivity contribution in [2.75, 3.05) is 13.2 Å². The predicted molar refractivity (Wildman–Crippen MR) is 71.1 cm³/mol. The van der Waals surface area contributed by atoms with Gasteiger partial charge in [-0.3, -0.25) is 0 Å². The van der Waals surface area contributed by atoms with Crippen LogP contribution < -0.4 is 5.32 Å². The lowest BCUT2D eigenvalue weighted by Crippen LogP contribution is -2.36. The molecule has 0 bridgehead atoms. The molecule has 1 rings (SSSR count). The lowest BCUT2D eigenvalue weighted by Gasteiger charge is -2.30. The van der Waals surface area contributed by atoms with Crippen LogP contribution in [0.1, 0.15) is 52.9 Å². The molecule has 0 amide bonds. The van der Waals surface area contributed by atoms with Crippen LogP contribution in [0.5, 0.6) is 0 Å². The number of ether oxygens (including phenoxy) is 1. The molecule has 102 valence electrons. The fraction of sp³-hybridized carbons (Fsp3) is 1.00. The summed E-state index contributed by atoms with van der Waals surface area (Å²) in [4.78, 5) is 0. The van der Waals surface area contributed by atoms with Crippen LogP contribution in [-0.4, -0.2) is 36.5 Å². The standard InChI is InChI=1S/C14H29NO2/c1-4-9-15-12-5-7-13(8-6-12)17-10-14(16)11(2)3/h11-16H,4-10H2,1-3H3. The first-order chi connectivity index (χ1) is 8.13. The topological polar surface area (TPSA) is 41.5 Å². The molecule has 17 heavy (non-hydrogen) atoms. The second kappa shape index (κ2) is 8.06. The lowest BCUT2D eigenvalue weighted by atomic mass is 9.93. The van der Waals surface area contributed by atoms with Crippen molar-refractivity contribution in [1.29, 1.82) is 0 Å². The maximum atomic E-state index is 9.69. The average Bonchev–Trinajstić information content (AvgIpc) is 2.34. The van der Waals surface area contributed by atoms with Crippen molar-refractivity contribution in [2.24, 2.45) is 5.92 Å². The van der Waals surface area contributed by atoms with Gasteiger partial charge in [0.25, 0.3) is 0 Å². The number of rotatable bonds is 7. The van der Waals surface area contributed by atoms with Gasteiger partial charge in [0.15, 0.2) is 0 Å². The SMILES string of the molecule is CCCNC1CCC(OCC(O)C(C)C)CC1. The van der Waals surface area contributed by atoms with Crippen LogP contribution >= 0.6 is 0 Å². The van der Waals surface area contributed by atoms with Gasteiger partial charge in [0.1, 0.15) is 0 Å². The van der Waals surface area contributed by atoms with Crippen molar-refractivity contribution in [3.05, 3.63) is 0 Å². The van der Waals surface area contributed by atoms with Crippen LogP contribution in [-0.2, 0) is 4.74 Å². The molecule has 1 aliphatic rings. The van der Waals surface area contributed by atoms with Crippen molar-refractivity contribution in [3.8, 4) is 0 Å². The molecular formula is C14H29NO2. The molecule has 0 aromatic heterocycles. The Bertz CT molecular complexity index is 189. The van der Waals surface area contributed by atoms with E-state index in [9.17, 15) is 5.11 Å². The fourth-order valence-electron chi connectivity index (χ4n) is 2.21. The number of aliphatic hydroxyl groups is 1. The minimum Gasteiger partial charge on any atom is -0.390 e. The first-order valence-electron chi connectivity index (χ1n) is 7.16. The van der Waals surface area contributed by atoms with Crippen molar-refractivity contribution in [3.63, 3.8) is 0 Å². The summed E-state index contributed by atoms with van der Waals surface area (Å²) in [6, 6.07) is 0.685. The highest BCUT2D eigenvalue weighted by Gasteiger charge is 2.22. The van der Waals surface area contributed by atoms with E-state index in [4.69, 9.17) is 4.74 Å². The van der Waals surface area contributed by atoms with Crippen molar-refractivity contribution in [1.82, 2.24) is 5.32 Å². The molecule has 3 heteroatoms. The Labute approximate surface area is 106 Å². The smallest absolute Gasteiger partial charge is 0.0796 e. The molecule has 0 aliphatic heterocycles. The Morgan fingerprint density at radius 1 is 1.24 bits per heavy atom. The average molecular weight is 243 g/mol. The molecule has 0 heterocycles. The zero-order chi connectivity index (χ0) is 12.7. The van der Waals surface area contributed by atoms with E-state index in [2.05, 4.69) is 12.2 Å². The maximum Gasteiger partial charge on any atom is 0.0796 e. The summed E-state index contributed by atoms with van der Waals surface area (Å²) in [6.45, 7) is 7.88. The van der Waals surface area contributed by atoms with E-state index < -0.39 is 0 Å². The molecule has 0 radical (unpaired) electrons. The summed E-state index contributed by atoms with van der Waals surface area (Å²) in [5.41, 5.74) is 0. The van der Waals surface area contributed by atoms with Gasteiger partial charge in [0.2, 0.25) is 0 Å². The Morgan fingerprint density at radius 2 is 1.88 bits per heavy atom. The van der Waals surface area contributed by atoms with Crippen molar-refractivity contribution >= 4 is 0 Å². The van der Waals surface area contributed by atoms with Crippen molar-refractivity contribution < 1.29 is 9.84 Å². The summed E-state index contributed by atoms with van der Waals surface area (Å²) in [5, 5.41) is 13.3. The van der Waals surface area contributed by atoms with E-state index in [0.717, 1.165) is 19.4 Å². The second-order valence-corrected chi connectivity index (χ2v) is 5.57. The molecule has 2 N–H and O–H groups in total. The summed E-state index contributed by atoms with van der Waals surface area (Å²) in [7, 11) is 0. The zero-order valence-corrected chi connectivity index (χ0v) is 11.6. The minimum absolute atomic E-state index is 0.289. The van der Waals surface area contributed by atoms with Gasteiger partial charge in [-0.05, 0) is 44.6 Å². The molecule has 0 spiro atoms. The number of aliphatic hydroxyl groups excluding tert-OH is 1.